The first kappa shape index (κ1) is 17.5. The van der Waals surface area contributed by atoms with Crippen LogP contribution in [0.25, 0.3) is 0 Å². The molecule has 0 aromatic heterocycles. The standard InChI is InChI=1S/C18H20N4O2/c1-14-6-2-3-7-16(14)22-13-15(12-17(22)23)18(24)21(10-4-8-19)11-5-9-20/h2-3,6-7,15H,4-5,10-13H2,1H3/t15-/m1/s1. The van der Waals surface area contributed by atoms with E-state index in [2.05, 4.69) is 0 Å². The van der Waals surface area contributed by atoms with E-state index in [-0.39, 0.29) is 31.1 Å². The first-order chi connectivity index (χ1) is 11.6. The van der Waals surface area contributed by atoms with Crippen LogP contribution in [0.15, 0.2) is 24.3 Å². The third kappa shape index (κ3) is 3.91. The van der Waals surface area contributed by atoms with Crippen molar-refractivity contribution < 1.29 is 9.59 Å². The Kier molecular flexibility index (Phi) is 5.92. The molecule has 24 heavy (non-hydrogen) atoms. The molecule has 2 amide bonds. The number of carbonyl (C=O) groups is 2. The van der Waals surface area contributed by atoms with E-state index in [9.17, 15) is 9.59 Å². The monoisotopic (exact) mass is 324 g/mol. The summed E-state index contributed by atoms with van der Waals surface area (Å²) in [7, 11) is 0. The van der Waals surface area contributed by atoms with E-state index < -0.39 is 5.92 Å². The molecule has 1 aliphatic heterocycles. The van der Waals surface area contributed by atoms with Gasteiger partial charge in [-0.25, -0.2) is 0 Å². The lowest BCUT2D eigenvalue weighted by molar-refractivity contribution is -0.135. The van der Waals surface area contributed by atoms with Gasteiger partial charge in [-0.2, -0.15) is 10.5 Å². The average molecular weight is 324 g/mol. The van der Waals surface area contributed by atoms with Crippen molar-refractivity contribution in [1.29, 1.82) is 10.5 Å². The molecule has 1 aliphatic rings. The molecule has 1 aromatic carbocycles. The number of nitriles is 2. The highest BCUT2D eigenvalue weighted by atomic mass is 16.2. The molecular formula is C18H20N4O2. The normalized spacial score (nSPS) is 16.5. The Labute approximate surface area is 141 Å². The lowest BCUT2D eigenvalue weighted by Crippen LogP contribution is -2.38. The molecule has 1 saturated heterocycles. The van der Waals surface area contributed by atoms with E-state index in [1.54, 1.807) is 4.90 Å². The Balaban J connectivity index is 2.11. The van der Waals surface area contributed by atoms with Crippen LogP contribution in [0, 0.1) is 35.5 Å². The van der Waals surface area contributed by atoms with Gasteiger partial charge in [-0.1, -0.05) is 18.2 Å². The van der Waals surface area contributed by atoms with Crippen LogP contribution in [-0.2, 0) is 9.59 Å². The summed E-state index contributed by atoms with van der Waals surface area (Å²) in [6.07, 6.45) is 0.613. The Morgan fingerprint density at radius 2 is 1.88 bits per heavy atom. The van der Waals surface area contributed by atoms with Crippen LogP contribution in [0.3, 0.4) is 0 Å². The van der Waals surface area contributed by atoms with Crippen LogP contribution in [0.2, 0.25) is 0 Å². The van der Waals surface area contributed by atoms with Crippen molar-refractivity contribution in [2.75, 3.05) is 24.5 Å². The summed E-state index contributed by atoms with van der Waals surface area (Å²) in [4.78, 5) is 28.2. The van der Waals surface area contributed by atoms with Crippen molar-refractivity contribution in [2.45, 2.75) is 26.2 Å². The van der Waals surface area contributed by atoms with E-state index in [1.807, 2.05) is 43.3 Å². The molecule has 0 aliphatic carbocycles. The molecule has 1 fully saturated rings. The fraction of sp³-hybridized carbons (Fsp3) is 0.444. The van der Waals surface area contributed by atoms with E-state index >= 15 is 0 Å². The molecule has 2 rings (SSSR count). The van der Waals surface area contributed by atoms with Gasteiger partial charge >= 0.3 is 0 Å². The van der Waals surface area contributed by atoms with Gasteiger partial charge in [0, 0.05) is 31.7 Å². The fourth-order valence-corrected chi connectivity index (χ4v) is 2.93. The lowest BCUT2D eigenvalue weighted by atomic mass is 10.1. The second-order valence-corrected chi connectivity index (χ2v) is 5.83. The van der Waals surface area contributed by atoms with Gasteiger partial charge in [0.1, 0.15) is 0 Å². The number of aryl methyl sites for hydroxylation is 1. The topological polar surface area (TPSA) is 88.2 Å². The summed E-state index contributed by atoms with van der Waals surface area (Å²) >= 11 is 0. The van der Waals surface area contributed by atoms with Gasteiger partial charge in [-0.05, 0) is 18.6 Å². The molecule has 0 bridgehead atoms. The lowest BCUT2D eigenvalue weighted by Gasteiger charge is -2.24. The van der Waals surface area contributed by atoms with Gasteiger partial charge < -0.3 is 9.80 Å². The van der Waals surface area contributed by atoms with Gasteiger partial charge in [0.2, 0.25) is 11.8 Å². The molecule has 124 valence electrons. The molecule has 0 saturated carbocycles. The molecule has 0 unspecified atom stereocenters. The van der Waals surface area contributed by atoms with Crippen LogP contribution in [0.5, 0.6) is 0 Å². The molecule has 6 nitrogen and oxygen atoms in total. The highest BCUT2D eigenvalue weighted by molar-refractivity contribution is 6.00. The largest absolute Gasteiger partial charge is 0.340 e. The smallest absolute Gasteiger partial charge is 0.228 e. The van der Waals surface area contributed by atoms with Crippen molar-refractivity contribution in [2.24, 2.45) is 5.92 Å². The van der Waals surface area contributed by atoms with E-state index in [1.165, 1.54) is 4.90 Å². The number of anilines is 1. The second-order valence-electron chi connectivity index (χ2n) is 5.83. The van der Waals surface area contributed by atoms with Crippen LogP contribution in [0.1, 0.15) is 24.8 Å². The molecule has 1 atom stereocenters. The molecule has 1 heterocycles. The van der Waals surface area contributed by atoms with Gasteiger partial charge in [0.05, 0.1) is 30.9 Å². The molecule has 0 N–H and O–H groups in total. The number of nitrogens with zero attached hydrogens (tertiary/aromatic N) is 4. The van der Waals surface area contributed by atoms with Crippen LogP contribution < -0.4 is 4.90 Å². The molecule has 0 radical (unpaired) electrons. The Morgan fingerprint density at radius 3 is 2.46 bits per heavy atom. The van der Waals surface area contributed by atoms with Gasteiger partial charge in [0.15, 0.2) is 0 Å². The van der Waals surface area contributed by atoms with Crippen molar-refractivity contribution in [3.05, 3.63) is 29.8 Å². The van der Waals surface area contributed by atoms with Crippen molar-refractivity contribution >= 4 is 17.5 Å². The zero-order valence-electron chi connectivity index (χ0n) is 13.7. The zero-order valence-corrected chi connectivity index (χ0v) is 13.7. The predicted octanol–water partition coefficient (Wildman–Crippen LogP) is 2.00. The van der Waals surface area contributed by atoms with Crippen LogP contribution >= 0.6 is 0 Å². The number of benzene rings is 1. The number of rotatable bonds is 6. The summed E-state index contributed by atoms with van der Waals surface area (Å²) in [5.41, 5.74) is 1.82. The summed E-state index contributed by atoms with van der Waals surface area (Å²) in [6, 6.07) is 11.6. The van der Waals surface area contributed by atoms with E-state index in [4.69, 9.17) is 10.5 Å². The first-order valence-electron chi connectivity index (χ1n) is 7.97. The third-order valence-electron chi connectivity index (χ3n) is 4.18. The van der Waals surface area contributed by atoms with E-state index in [0.29, 0.717) is 19.6 Å². The predicted molar refractivity (Wildman–Crippen MR) is 88.7 cm³/mol. The van der Waals surface area contributed by atoms with Crippen LogP contribution in [0.4, 0.5) is 5.69 Å². The quantitative estimate of drug-likeness (QED) is 0.800. The maximum atomic E-state index is 12.7. The maximum Gasteiger partial charge on any atom is 0.228 e. The van der Waals surface area contributed by atoms with Gasteiger partial charge in [-0.3, -0.25) is 9.59 Å². The fourth-order valence-electron chi connectivity index (χ4n) is 2.93. The molecule has 6 heteroatoms. The number of amides is 2. The minimum Gasteiger partial charge on any atom is -0.340 e. The minimum absolute atomic E-state index is 0.0665. The summed E-state index contributed by atoms with van der Waals surface area (Å²) < 4.78 is 0. The summed E-state index contributed by atoms with van der Waals surface area (Å²) in [5, 5.41) is 17.5. The Morgan fingerprint density at radius 1 is 1.25 bits per heavy atom. The molecular weight excluding hydrogens is 304 g/mol. The molecule has 1 aromatic rings. The highest BCUT2D eigenvalue weighted by Gasteiger charge is 2.37. The number of hydrogen-bond acceptors (Lipinski definition) is 4. The van der Waals surface area contributed by atoms with Crippen molar-refractivity contribution in [1.82, 2.24) is 4.90 Å². The second kappa shape index (κ2) is 8.12. The third-order valence-corrected chi connectivity index (χ3v) is 4.18. The molecule has 0 spiro atoms. The average Bonchev–Trinajstić information content (AvgIpc) is 2.96. The zero-order chi connectivity index (χ0) is 17.5. The highest BCUT2D eigenvalue weighted by Crippen LogP contribution is 2.28. The van der Waals surface area contributed by atoms with Crippen molar-refractivity contribution in [3.8, 4) is 12.1 Å². The SMILES string of the molecule is Cc1ccccc1N1C[C@H](C(=O)N(CCC#N)CCC#N)CC1=O. The number of carbonyl (C=O) groups excluding carboxylic acids is 2. The van der Waals surface area contributed by atoms with Crippen molar-refractivity contribution in [3.63, 3.8) is 0 Å². The van der Waals surface area contributed by atoms with Crippen LogP contribution in [-0.4, -0.2) is 36.3 Å². The number of para-hydroxylation sites is 1. The Bertz CT molecular complexity index is 684. The maximum absolute atomic E-state index is 12.7. The first-order valence-corrected chi connectivity index (χ1v) is 7.97. The van der Waals surface area contributed by atoms with Gasteiger partial charge in [-0.15, -0.1) is 0 Å². The summed E-state index contributed by atoms with van der Waals surface area (Å²) in [6.45, 7) is 2.88. The summed E-state index contributed by atoms with van der Waals surface area (Å²) in [5.74, 6) is -0.636. The number of hydrogen-bond donors (Lipinski definition) is 0. The minimum atomic E-state index is -0.422. The Hall–Kier alpha value is -2.86. The van der Waals surface area contributed by atoms with Gasteiger partial charge in [0.25, 0.3) is 0 Å². The van der Waals surface area contributed by atoms with E-state index in [0.717, 1.165) is 11.3 Å².